The Labute approximate surface area is 176 Å². The highest BCUT2D eigenvalue weighted by Gasteiger charge is 2.37. The van der Waals surface area contributed by atoms with E-state index >= 15 is 0 Å². The summed E-state index contributed by atoms with van der Waals surface area (Å²) in [5, 5.41) is -0.0315. The molecular weight excluding hydrogens is 396 g/mol. The first kappa shape index (κ1) is 25.9. The lowest BCUT2D eigenvalue weighted by Crippen LogP contribution is -2.22. The first-order chi connectivity index (χ1) is 14.1. The van der Waals surface area contributed by atoms with Crippen LogP contribution in [-0.2, 0) is 6.18 Å². The Hall–Kier alpha value is -2.11. The van der Waals surface area contributed by atoms with Gasteiger partial charge >= 0.3 is 6.18 Å². The molecule has 0 bridgehead atoms. The van der Waals surface area contributed by atoms with Crippen molar-refractivity contribution < 1.29 is 27.4 Å². The molecule has 0 N–H and O–H groups in total. The Morgan fingerprint density at radius 3 is 2.00 bits per heavy atom. The lowest BCUT2D eigenvalue weighted by atomic mass is 9.72. The van der Waals surface area contributed by atoms with Crippen LogP contribution >= 0.6 is 0 Å². The van der Waals surface area contributed by atoms with Crippen LogP contribution in [0.25, 0.3) is 10.8 Å². The fourth-order valence-corrected chi connectivity index (χ4v) is 3.73. The van der Waals surface area contributed by atoms with Crippen LogP contribution in [0, 0.1) is 11.3 Å². The van der Waals surface area contributed by atoms with Crippen molar-refractivity contribution >= 4 is 17.1 Å². The van der Waals surface area contributed by atoms with E-state index in [0.29, 0.717) is 11.7 Å². The van der Waals surface area contributed by atoms with Crippen molar-refractivity contribution in [2.45, 2.75) is 72.9 Å². The number of halogens is 4. The van der Waals surface area contributed by atoms with Gasteiger partial charge in [0, 0.05) is 10.1 Å². The van der Waals surface area contributed by atoms with Crippen molar-refractivity contribution in [1.29, 1.82) is 0 Å². The van der Waals surface area contributed by atoms with Gasteiger partial charge in [0.15, 0.2) is 5.75 Å². The number of hydrogen-bond donors (Lipinski definition) is 0. The lowest BCUT2D eigenvalue weighted by molar-refractivity contribution is -0.141. The predicted molar refractivity (Wildman–Crippen MR) is 113 cm³/mol. The van der Waals surface area contributed by atoms with E-state index < -0.39 is 17.5 Å². The summed E-state index contributed by atoms with van der Waals surface area (Å²) < 4.78 is 50.6. The van der Waals surface area contributed by atoms with E-state index in [-0.39, 0.29) is 16.3 Å². The molecule has 1 saturated carbocycles. The minimum atomic E-state index is -4.75. The normalized spacial score (nSPS) is 14.8. The minimum absolute atomic E-state index is 0.188. The second-order valence-corrected chi connectivity index (χ2v) is 8.31. The van der Waals surface area contributed by atoms with Gasteiger partial charge in [0.2, 0.25) is 0 Å². The molecule has 0 spiro atoms. The van der Waals surface area contributed by atoms with Crippen molar-refractivity contribution in [2.24, 2.45) is 11.3 Å². The maximum atomic E-state index is 12.8. The Morgan fingerprint density at radius 1 is 0.967 bits per heavy atom. The molecule has 1 fully saturated rings. The van der Waals surface area contributed by atoms with E-state index in [9.17, 15) is 22.5 Å². The van der Waals surface area contributed by atoms with Crippen LogP contribution in [0.5, 0.6) is 5.75 Å². The third-order valence-electron chi connectivity index (χ3n) is 5.34. The molecule has 0 radical (unpaired) electrons. The fourth-order valence-electron chi connectivity index (χ4n) is 3.73. The van der Waals surface area contributed by atoms with Crippen LogP contribution in [0.2, 0.25) is 0 Å². The molecule has 0 saturated heterocycles. The van der Waals surface area contributed by atoms with Crippen LogP contribution < -0.4 is 4.94 Å². The molecule has 0 aliphatic heterocycles. The third-order valence-corrected chi connectivity index (χ3v) is 5.34. The van der Waals surface area contributed by atoms with E-state index in [1.807, 2.05) is 13.8 Å². The number of carbonyl (C=O) groups is 1. The predicted octanol–water partition coefficient (Wildman–Crippen LogP) is 8.57. The number of fused-ring (bicyclic) bond motifs is 1. The standard InChI is InChI=1S/C12H6F4O2.C10H20.C2H6/c13-12(14,15)11-9-3-1-7(6-17)5-8(9)2-4-10(11)18-16;1-10(2,3)9-7-5-4-6-8-9;1-2/h1-6H;9H,4-8H2,1-3H3;1-2H3. The number of benzene rings is 2. The quantitative estimate of drug-likeness (QED) is 0.354. The zero-order chi connectivity index (χ0) is 22.9. The summed E-state index contributed by atoms with van der Waals surface area (Å²) >= 11 is 0. The van der Waals surface area contributed by atoms with E-state index in [2.05, 4.69) is 25.7 Å². The van der Waals surface area contributed by atoms with Gasteiger partial charge in [-0.15, -0.1) is 0 Å². The maximum Gasteiger partial charge on any atom is 0.420 e. The van der Waals surface area contributed by atoms with Gasteiger partial charge in [-0.05, 0) is 47.1 Å². The number of aldehydes is 1. The van der Waals surface area contributed by atoms with E-state index in [4.69, 9.17) is 0 Å². The van der Waals surface area contributed by atoms with Gasteiger partial charge in [-0.25, -0.2) is 0 Å². The molecule has 1 aliphatic rings. The summed E-state index contributed by atoms with van der Waals surface area (Å²) in [6.07, 6.45) is 3.15. The average Bonchev–Trinajstić information content (AvgIpc) is 2.73. The molecule has 0 amide bonds. The summed E-state index contributed by atoms with van der Waals surface area (Å²) in [6, 6.07) is 5.77. The molecule has 0 unspecified atom stereocenters. The summed E-state index contributed by atoms with van der Waals surface area (Å²) in [5.74, 6) is 0.107. The summed E-state index contributed by atoms with van der Waals surface area (Å²) in [6.45, 7) is 11.1. The number of alkyl halides is 3. The molecule has 6 heteroatoms. The van der Waals surface area contributed by atoms with Crippen LogP contribution in [0.15, 0.2) is 30.3 Å². The van der Waals surface area contributed by atoms with Crippen molar-refractivity contribution in [3.8, 4) is 5.75 Å². The van der Waals surface area contributed by atoms with E-state index in [0.717, 1.165) is 18.1 Å². The van der Waals surface area contributed by atoms with Gasteiger partial charge < -0.3 is 0 Å². The van der Waals surface area contributed by atoms with Crippen LogP contribution in [0.4, 0.5) is 17.7 Å². The summed E-state index contributed by atoms with van der Waals surface area (Å²) in [7, 11) is 0. The molecule has 0 heterocycles. The summed E-state index contributed by atoms with van der Waals surface area (Å²) in [4.78, 5) is 13.8. The molecule has 0 aromatic heterocycles. The SMILES string of the molecule is CC.CC(C)(C)C1CCCCC1.O=Cc1ccc2c(C(F)(F)F)c(OF)ccc2c1. The van der Waals surface area contributed by atoms with Gasteiger partial charge in [0.05, 0.1) is 0 Å². The first-order valence-corrected chi connectivity index (χ1v) is 10.5. The monoisotopic (exact) mass is 428 g/mol. The molecule has 30 heavy (non-hydrogen) atoms. The highest BCUT2D eigenvalue weighted by molar-refractivity contribution is 5.92. The molecule has 2 aromatic rings. The number of carbonyl (C=O) groups excluding carboxylic acids is 1. The molecule has 168 valence electrons. The first-order valence-electron chi connectivity index (χ1n) is 10.5. The smallest absolute Gasteiger partial charge is 0.298 e. The third kappa shape index (κ3) is 6.99. The number of rotatable bonds is 2. The number of hydrogen-bond acceptors (Lipinski definition) is 2. The highest BCUT2D eigenvalue weighted by Crippen LogP contribution is 2.41. The van der Waals surface area contributed by atoms with Crippen molar-refractivity contribution in [1.82, 2.24) is 0 Å². The maximum absolute atomic E-state index is 12.8. The van der Waals surface area contributed by atoms with Gasteiger partial charge in [0.25, 0.3) is 0 Å². The van der Waals surface area contributed by atoms with Gasteiger partial charge in [0.1, 0.15) is 11.8 Å². The van der Waals surface area contributed by atoms with Crippen LogP contribution in [0.1, 0.15) is 82.6 Å². The minimum Gasteiger partial charge on any atom is -0.298 e. The molecule has 3 rings (SSSR count). The Bertz CT molecular complexity index is 801. The summed E-state index contributed by atoms with van der Waals surface area (Å²) in [5.41, 5.74) is -0.384. The second-order valence-electron chi connectivity index (χ2n) is 8.31. The molecule has 2 nitrogen and oxygen atoms in total. The topological polar surface area (TPSA) is 26.3 Å². The average molecular weight is 429 g/mol. The van der Waals surface area contributed by atoms with E-state index in [1.165, 1.54) is 50.3 Å². The lowest BCUT2D eigenvalue weighted by Gasteiger charge is -2.33. The van der Waals surface area contributed by atoms with Crippen molar-refractivity contribution in [3.05, 3.63) is 41.5 Å². The molecule has 0 atom stereocenters. The van der Waals surface area contributed by atoms with E-state index in [1.54, 1.807) is 0 Å². The second kappa shape index (κ2) is 11.3. The Balaban J connectivity index is 0.000000318. The fraction of sp³-hybridized carbons (Fsp3) is 0.542. The largest absolute Gasteiger partial charge is 0.420 e. The van der Waals surface area contributed by atoms with Gasteiger partial charge in [-0.2, -0.15) is 13.2 Å². The highest BCUT2D eigenvalue weighted by atomic mass is 19.4. The van der Waals surface area contributed by atoms with Crippen molar-refractivity contribution in [3.63, 3.8) is 0 Å². The van der Waals surface area contributed by atoms with Gasteiger partial charge in [-0.3, -0.25) is 9.74 Å². The van der Waals surface area contributed by atoms with Crippen LogP contribution in [-0.4, -0.2) is 6.29 Å². The Kier molecular flexibility index (Phi) is 9.79. The molecular formula is C24H32F4O2. The molecule has 2 aromatic carbocycles. The van der Waals surface area contributed by atoms with Crippen LogP contribution in [0.3, 0.4) is 0 Å². The zero-order valence-corrected chi connectivity index (χ0v) is 18.4. The Morgan fingerprint density at radius 2 is 1.57 bits per heavy atom. The zero-order valence-electron chi connectivity index (χ0n) is 18.4. The van der Waals surface area contributed by atoms with Crippen molar-refractivity contribution in [2.75, 3.05) is 0 Å². The van der Waals surface area contributed by atoms with Gasteiger partial charge in [-0.1, -0.05) is 72.1 Å². The molecule has 1 aliphatic carbocycles.